The van der Waals surface area contributed by atoms with Gasteiger partial charge >= 0.3 is 0 Å². The fourth-order valence-electron chi connectivity index (χ4n) is 8.03. The van der Waals surface area contributed by atoms with Crippen LogP contribution in [0, 0.1) is 28.6 Å². The quantitative estimate of drug-likeness (QED) is 0.691. The Hall–Kier alpha value is -1.51. The van der Waals surface area contributed by atoms with E-state index >= 15 is 4.39 Å². The van der Waals surface area contributed by atoms with Gasteiger partial charge < -0.3 is 14.6 Å². The third-order valence-corrected chi connectivity index (χ3v) is 9.03. The first kappa shape index (κ1) is 22.3. The van der Waals surface area contributed by atoms with E-state index in [0.29, 0.717) is 5.57 Å². The van der Waals surface area contributed by atoms with Crippen molar-refractivity contribution in [2.45, 2.75) is 83.2 Å². The standard InChI is InChI=1S/C24H29F3O5/c1-21(2)31-17-9-13-12-8-15(25)14-7-11(28)5-6-22(14,3)18(12)16(29)10-23(13,4)24(17,32-21)19(30)20(26)27/h5-7,12-13,15-18,20,29H,8-10H2,1-4H3/t12-,13-,15-,16-,17+,18+,22-,23-,24-/m0/s1. The van der Waals surface area contributed by atoms with Crippen molar-refractivity contribution >= 4 is 11.6 Å². The predicted molar refractivity (Wildman–Crippen MR) is 107 cm³/mol. The van der Waals surface area contributed by atoms with Gasteiger partial charge in [-0.3, -0.25) is 9.59 Å². The molecule has 1 aliphatic heterocycles. The van der Waals surface area contributed by atoms with Crippen molar-refractivity contribution in [3.8, 4) is 0 Å². The van der Waals surface area contributed by atoms with Gasteiger partial charge in [0.05, 0.1) is 12.2 Å². The summed E-state index contributed by atoms with van der Waals surface area (Å²) >= 11 is 0. The van der Waals surface area contributed by atoms with Crippen LogP contribution in [0.15, 0.2) is 23.8 Å². The van der Waals surface area contributed by atoms with Gasteiger partial charge in [-0.05, 0) is 62.7 Å². The molecule has 1 heterocycles. The van der Waals surface area contributed by atoms with Gasteiger partial charge in [0.15, 0.2) is 17.2 Å². The zero-order valence-corrected chi connectivity index (χ0v) is 18.6. The first-order valence-electron chi connectivity index (χ1n) is 11.2. The molecular formula is C24H29F3O5. The Bertz CT molecular complexity index is 944. The number of alkyl halides is 3. The Morgan fingerprint density at radius 2 is 1.91 bits per heavy atom. The number of Topliss-reactive ketones (excluding diaryl/α,β-unsaturated/α-hetero) is 1. The average Bonchev–Trinajstić information content (AvgIpc) is 3.08. The van der Waals surface area contributed by atoms with E-state index in [2.05, 4.69) is 0 Å². The van der Waals surface area contributed by atoms with Gasteiger partial charge in [-0.25, -0.2) is 13.2 Å². The number of aliphatic hydroxyl groups excluding tert-OH is 1. The molecule has 0 aromatic carbocycles. The SMILES string of the molecule is CC1(C)O[C@@H]2C[C@H]3[C@@H]4C[C@H](F)C5=CC(=O)C=C[C@]5(C)[C@H]4[C@@H](O)C[C@]3(C)[C@]2(C(=O)C(F)F)O1. The van der Waals surface area contributed by atoms with Crippen LogP contribution in [0.5, 0.6) is 0 Å². The fraction of sp³-hybridized carbons (Fsp3) is 0.750. The van der Waals surface area contributed by atoms with Crippen molar-refractivity contribution in [1.29, 1.82) is 0 Å². The second-order valence-electron chi connectivity index (χ2n) is 11.1. The first-order valence-corrected chi connectivity index (χ1v) is 11.2. The predicted octanol–water partition coefficient (Wildman–Crippen LogP) is 3.55. The molecule has 32 heavy (non-hydrogen) atoms. The Balaban J connectivity index is 1.62. The Morgan fingerprint density at radius 1 is 1.22 bits per heavy atom. The van der Waals surface area contributed by atoms with E-state index in [1.165, 1.54) is 12.2 Å². The van der Waals surface area contributed by atoms with Crippen molar-refractivity contribution in [2.75, 3.05) is 0 Å². The highest BCUT2D eigenvalue weighted by Gasteiger charge is 2.78. The van der Waals surface area contributed by atoms with Gasteiger partial charge in [0.2, 0.25) is 5.78 Å². The van der Waals surface area contributed by atoms with Crippen molar-refractivity contribution in [2.24, 2.45) is 28.6 Å². The summed E-state index contributed by atoms with van der Waals surface area (Å²) < 4.78 is 55.1. The summed E-state index contributed by atoms with van der Waals surface area (Å²) in [6, 6.07) is 0. The molecule has 5 aliphatic rings. The Labute approximate surface area is 185 Å². The minimum absolute atomic E-state index is 0.0504. The molecule has 9 atom stereocenters. The summed E-state index contributed by atoms with van der Waals surface area (Å²) in [6.45, 7) is 6.71. The van der Waals surface area contributed by atoms with Crippen molar-refractivity contribution in [3.63, 3.8) is 0 Å². The minimum atomic E-state index is -3.25. The molecule has 0 radical (unpaired) electrons. The second-order valence-corrected chi connectivity index (χ2v) is 11.1. The van der Waals surface area contributed by atoms with E-state index in [9.17, 15) is 23.5 Å². The summed E-state index contributed by atoms with van der Waals surface area (Å²) in [5.41, 5.74) is -3.55. The second kappa shape index (κ2) is 6.54. The molecule has 8 heteroatoms. The number of carbonyl (C=O) groups excluding carboxylic acids is 2. The molecule has 0 amide bonds. The van der Waals surface area contributed by atoms with E-state index in [1.54, 1.807) is 26.8 Å². The lowest BCUT2D eigenvalue weighted by Gasteiger charge is -2.60. The summed E-state index contributed by atoms with van der Waals surface area (Å²) in [7, 11) is 0. The number of ether oxygens (including phenoxy) is 2. The van der Waals surface area contributed by atoms with Crippen LogP contribution >= 0.6 is 0 Å². The molecule has 0 unspecified atom stereocenters. The molecule has 3 saturated carbocycles. The van der Waals surface area contributed by atoms with Crippen molar-refractivity contribution in [1.82, 2.24) is 0 Å². The monoisotopic (exact) mass is 454 g/mol. The molecule has 0 aromatic rings. The van der Waals surface area contributed by atoms with Gasteiger partial charge in [0.1, 0.15) is 6.17 Å². The van der Waals surface area contributed by atoms with Crippen LogP contribution in [-0.2, 0) is 19.1 Å². The highest BCUT2D eigenvalue weighted by Crippen LogP contribution is 2.70. The number of aliphatic hydroxyl groups is 1. The van der Waals surface area contributed by atoms with Crippen LogP contribution in [0.3, 0.4) is 0 Å². The van der Waals surface area contributed by atoms with Gasteiger partial charge in [0, 0.05) is 16.7 Å². The van der Waals surface area contributed by atoms with Gasteiger partial charge in [-0.15, -0.1) is 0 Å². The van der Waals surface area contributed by atoms with E-state index in [4.69, 9.17) is 9.47 Å². The largest absolute Gasteiger partial charge is 0.393 e. The summed E-state index contributed by atoms with van der Waals surface area (Å²) in [5.74, 6) is -3.99. The summed E-state index contributed by atoms with van der Waals surface area (Å²) in [4.78, 5) is 24.9. The number of hydrogen-bond acceptors (Lipinski definition) is 5. The van der Waals surface area contributed by atoms with Crippen molar-refractivity contribution < 1.29 is 37.3 Å². The maximum Gasteiger partial charge on any atom is 0.299 e. The van der Waals surface area contributed by atoms with E-state index in [-0.39, 0.29) is 36.9 Å². The van der Waals surface area contributed by atoms with Crippen LogP contribution < -0.4 is 0 Å². The molecule has 0 bridgehead atoms. The topological polar surface area (TPSA) is 72.8 Å². The molecule has 1 saturated heterocycles. The minimum Gasteiger partial charge on any atom is -0.393 e. The summed E-state index contributed by atoms with van der Waals surface area (Å²) in [5, 5.41) is 11.4. The molecular weight excluding hydrogens is 425 g/mol. The molecule has 4 aliphatic carbocycles. The van der Waals surface area contributed by atoms with Crippen LogP contribution in [0.1, 0.15) is 47.0 Å². The normalized spacial score (nSPS) is 51.0. The molecule has 5 rings (SSSR count). The van der Waals surface area contributed by atoms with Crippen molar-refractivity contribution in [3.05, 3.63) is 23.8 Å². The molecule has 0 spiro atoms. The fourth-order valence-corrected chi connectivity index (χ4v) is 8.03. The number of carbonyl (C=O) groups is 2. The smallest absolute Gasteiger partial charge is 0.299 e. The first-order chi connectivity index (χ1) is 14.8. The molecule has 0 aromatic heterocycles. The number of rotatable bonds is 2. The number of halogens is 3. The van der Waals surface area contributed by atoms with Crippen LogP contribution in [0.25, 0.3) is 0 Å². The van der Waals surface area contributed by atoms with Crippen LogP contribution in [0.2, 0.25) is 0 Å². The molecule has 5 nitrogen and oxygen atoms in total. The Kier molecular flexibility index (Phi) is 4.56. The number of fused-ring (bicyclic) bond motifs is 7. The van der Waals surface area contributed by atoms with E-state index < -0.39 is 58.7 Å². The Morgan fingerprint density at radius 3 is 2.56 bits per heavy atom. The zero-order chi connectivity index (χ0) is 23.4. The molecule has 176 valence electrons. The number of ketones is 2. The number of hydrogen-bond donors (Lipinski definition) is 1. The van der Waals surface area contributed by atoms with Crippen LogP contribution in [0.4, 0.5) is 13.2 Å². The van der Waals surface area contributed by atoms with Crippen LogP contribution in [-0.4, -0.2) is 52.9 Å². The summed E-state index contributed by atoms with van der Waals surface area (Å²) in [6.07, 6.45) is -1.76. The molecule has 4 fully saturated rings. The van der Waals surface area contributed by atoms with E-state index in [0.717, 1.165) is 0 Å². The molecule has 1 N–H and O–H groups in total. The van der Waals surface area contributed by atoms with Gasteiger partial charge in [0.25, 0.3) is 6.43 Å². The highest BCUT2D eigenvalue weighted by atomic mass is 19.3. The number of allylic oxidation sites excluding steroid dienone is 4. The lowest BCUT2D eigenvalue weighted by atomic mass is 9.46. The average molecular weight is 454 g/mol. The lowest BCUT2D eigenvalue weighted by Crippen LogP contribution is -2.65. The third-order valence-electron chi connectivity index (χ3n) is 9.03. The highest BCUT2D eigenvalue weighted by molar-refractivity contribution is 6.01. The third kappa shape index (κ3) is 2.57. The van der Waals surface area contributed by atoms with E-state index in [1.807, 2.05) is 6.92 Å². The maximum atomic E-state index is 15.4. The maximum absolute atomic E-state index is 15.4. The van der Waals surface area contributed by atoms with Gasteiger partial charge in [-0.2, -0.15) is 0 Å². The lowest BCUT2D eigenvalue weighted by molar-refractivity contribution is -0.229. The van der Waals surface area contributed by atoms with Gasteiger partial charge in [-0.1, -0.05) is 19.9 Å². The zero-order valence-electron chi connectivity index (χ0n) is 18.6.